The second kappa shape index (κ2) is 8.03. The van der Waals surface area contributed by atoms with Gasteiger partial charge in [0.05, 0.1) is 14.2 Å². The fourth-order valence-electron chi connectivity index (χ4n) is 1.88. The van der Waals surface area contributed by atoms with Gasteiger partial charge in [0.2, 0.25) is 0 Å². The van der Waals surface area contributed by atoms with Crippen molar-refractivity contribution in [3.05, 3.63) is 24.3 Å². The van der Waals surface area contributed by atoms with Gasteiger partial charge < -0.3 is 18.6 Å². The Morgan fingerprint density at radius 2 is 1.54 bits per heavy atom. The maximum atomic E-state index is 12.2. The predicted octanol–water partition coefficient (Wildman–Crippen LogP) is 4.03. The molecule has 0 saturated carbocycles. The summed E-state index contributed by atoms with van der Waals surface area (Å²) in [6, 6.07) is 7.22. The van der Waals surface area contributed by atoms with Gasteiger partial charge in [-0.2, -0.15) is 0 Å². The Kier molecular flexibility index (Phi) is 6.86. The Labute approximate surface area is 146 Å². The topological polar surface area (TPSA) is 54.0 Å². The SMILES string of the molecule is COC(=O)[C@H](O[Si](C)(C)C(C)(C)C)[C@@H](C)Oc1ccc(OC)cc1. The molecule has 0 bridgehead atoms. The molecule has 0 aliphatic carbocycles. The minimum absolute atomic E-state index is 0.0148. The van der Waals surface area contributed by atoms with E-state index in [-0.39, 0.29) is 5.04 Å². The molecule has 2 atom stereocenters. The fourth-order valence-corrected chi connectivity index (χ4v) is 3.15. The molecule has 0 N–H and O–H groups in total. The number of ether oxygens (including phenoxy) is 3. The molecule has 0 saturated heterocycles. The molecule has 1 rings (SSSR count). The Balaban J connectivity index is 2.92. The van der Waals surface area contributed by atoms with Crippen LogP contribution in [0.25, 0.3) is 0 Å². The first-order valence-electron chi connectivity index (χ1n) is 8.08. The van der Waals surface area contributed by atoms with Crippen LogP contribution in [-0.4, -0.2) is 40.7 Å². The van der Waals surface area contributed by atoms with E-state index in [0.29, 0.717) is 5.75 Å². The van der Waals surface area contributed by atoms with Crippen molar-refractivity contribution >= 4 is 14.3 Å². The van der Waals surface area contributed by atoms with Gasteiger partial charge >= 0.3 is 5.97 Å². The lowest BCUT2D eigenvalue weighted by molar-refractivity contribution is -0.153. The van der Waals surface area contributed by atoms with E-state index in [1.54, 1.807) is 19.2 Å². The second-order valence-corrected chi connectivity index (χ2v) is 12.1. The summed E-state index contributed by atoms with van der Waals surface area (Å²) in [4.78, 5) is 12.2. The number of methoxy groups -OCH3 is 2. The molecule has 6 heteroatoms. The molecule has 0 heterocycles. The van der Waals surface area contributed by atoms with E-state index in [9.17, 15) is 4.79 Å². The van der Waals surface area contributed by atoms with Gasteiger partial charge in [0, 0.05) is 0 Å². The lowest BCUT2D eigenvalue weighted by Crippen LogP contribution is -2.50. The lowest BCUT2D eigenvalue weighted by atomic mass is 10.2. The number of esters is 1. The molecule has 0 unspecified atom stereocenters. The lowest BCUT2D eigenvalue weighted by Gasteiger charge is -2.39. The number of hydrogen-bond acceptors (Lipinski definition) is 5. The Bertz CT molecular complexity index is 533. The third-order valence-electron chi connectivity index (χ3n) is 4.47. The second-order valence-electron chi connectivity index (χ2n) is 7.32. The van der Waals surface area contributed by atoms with Crippen LogP contribution < -0.4 is 9.47 Å². The van der Waals surface area contributed by atoms with E-state index in [0.717, 1.165) is 5.75 Å². The Morgan fingerprint density at radius 1 is 1.04 bits per heavy atom. The van der Waals surface area contributed by atoms with E-state index in [4.69, 9.17) is 18.6 Å². The van der Waals surface area contributed by atoms with E-state index in [1.165, 1.54) is 7.11 Å². The minimum Gasteiger partial charge on any atom is -0.497 e. The summed E-state index contributed by atoms with van der Waals surface area (Å²) >= 11 is 0. The monoisotopic (exact) mass is 354 g/mol. The van der Waals surface area contributed by atoms with E-state index < -0.39 is 26.5 Å². The zero-order valence-corrected chi connectivity index (χ0v) is 17.0. The predicted molar refractivity (Wildman–Crippen MR) is 97.2 cm³/mol. The fraction of sp³-hybridized carbons (Fsp3) is 0.611. The molecule has 1 aromatic rings. The molecule has 0 aromatic heterocycles. The quantitative estimate of drug-likeness (QED) is 0.547. The number of hydrogen-bond donors (Lipinski definition) is 0. The van der Waals surface area contributed by atoms with Gasteiger partial charge in [0.25, 0.3) is 0 Å². The number of carbonyl (C=O) groups excluding carboxylic acids is 1. The standard InChI is InChI=1S/C18H30O5Si/c1-13(22-15-11-9-14(20-5)10-12-15)16(17(19)21-6)23-24(7,8)18(2,3)4/h9-13,16H,1-8H3/t13-,16-/m1/s1. The van der Waals surface area contributed by atoms with Gasteiger partial charge in [-0.1, -0.05) is 20.8 Å². The van der Waals surface area contributed by atoms with Crippen LogP contribution in [0.15, 0.2) is 24.3 Å². The molecule has 0 radical (unpaired) electrons. The molecule has 0 aliphatic heterocycles. The average Bonchev–Trinajstić information content (AvgIpc) is 2.51. The van der Waals surface area contributed by atoms with Crippen molar-refractivity contribution in [2.45, 2.75) is 58.0 Å². The maximum Gasteiger partial charge on any atom is 0.337 e. The van der Waals surface area contributed by atoms with Gasteiger partial charge in [-0.15, -0.1) is 0 Å². The maximum absolute atomic E-state index is 12.2. The normalized spacial score (nSPS) is 14.7. The molecule has 5 nitrogen and oxygen atoms in total. The van der Waals surface area contributed by atoms with Crippen molar-refractivity contribution in [3.8, 4) is 11.5 Å². The van der Waals surface area contributed by atoms with Crippen LogP contribution in [-0.2, 0) is 14.0 Å². The highest BCUT2D eigenvalue weighted by Crippen LogP contribution is 2.38. The van der Waals surface area contributed by atoms with Crippen LogP contribution in [0, 0.1) is 0 Å². The van der Waals surface area contributed by atoms with Gasteiger partial charge in [0.15, 0.2) is 14.4 Å². The summed E-state index contributed by atoms with van der Waals surface area (Å²) in [6.07, 6.45) is -1.24. The Morgan fingerprint density at radius 3 is 1.96 bits per heavy atom. The van der Waals surface area contributed by atoms with Crippen molar-refractivity contribution < 1.29 is 23.4 Å². The molecular weight excluding hydrogens is 324 g/mol. The first-order valence-corrected chi connectivity index (χ1v) is 11.0. The highest BCUT2D eigenvalue weighted by atomic mass is 28.4. The van der Waals surface area contributed by atoms with Crippen molar-refractivity contribution in [2.75, 3.05) is 14.2 Å². The third kappa shape index (κ3) is 5.24. The highest BCUT2D eigenvalue weighted by Gasteiger charge is 2.43. The summed E-state index contributed by atoms with van der Waals surface area (Å²) in [7, 11) is 0.833. The largest absolute Gasteiger partial charge is 0.497 e. The average molecular weight is 355 g/mol. The van der Waals surface area contributed by atoms with Crippen LogP contribution in [0.3, 0.4) is 0 Å². The van der Waals surface area contributed by atoms with Gasteiger partial charge in [-0.25, -0.2) is 4.79 Å². The first-order chi connectivity index (χ1) is 11.0. The number of carbonyl (C=O) groups is 1. The molecule has 136 valence electrons. The van der Waals surface area contributed by atoms with E-state index >= 15 is 0 Å². The van der Waals surface area contributed by atoms with Crippen LogP contribution in [0.1, 0.15) is 27.7 Å². The van der Waals surface area contributed by atoms with Crippen LogP contribution in [0.2, 0.25) is 18.1 Å². The van der Waals surface area contributed by atoms with E-state index in [2.05, 4.69) is 33.9 Å². The minimum atomic E-state index is -2.14. The van der Waals surface area contributed by atoms with Crippen LogP contribution in [0.4, 0.5) is 0 Å². The van der Waals surface area contributed by atoms with Gasteiger partial charge in [-0.05, 0) is 49.3 Å². The van der Waals surface area contributed by atoms with Crippen molar-refractivity contribution in [1.82, 2.24) is 0 Å². The molecule has 1 aromatic carbocycles. The zero-order chi connectivity index (χ0) is 18.5. The summed E-state index contributed by atoms with van der Waals surface area (Å²) in [5, 5.41) is -0.0148. The third-order valence-corrected chi connectivity index (χ3v) is 8.92. The molecule has 0 aliphatic rings. The summed E-state index contributed by atoms with van der Waals surface area (Å²) in [6.45, 7) is 12.4. The van der Waals surface area contributed by atoms with Crippen LogP contribution in [0.5, 0.6) is 11.5 Å². The highest BCUT2D eigenvalue weighted by molar-refractivity contribution is 6.74. The Hall–Kier alpha value is -1.53. The van der Waals surface area contributed by atoms with Crippen molar-refractivity contribution in [3.63, 3.8) is 0 Å². The van der Waals surface area contributed by atoms with E-state index in [1.807, 2.05) is 19.1 Å². The summed E-state index contributed by atoms with van der Waals surface area (Å²) in [5.41, 5.74) is 0. The zero-order valence-electron chi connectivity index (χ0n) is 16.0. The summed E-state index contributed by atoms with van der Waals surface area (Å²) < 4.78 is 22.2. The first kappa shape index (κ1) is 20.5. The van der Waals surface area contributed by atoms with Gasteiger partial charge in [0.1, 0.15) is 17.6 Å². The smallest absolute Gasteiger partial charge is 0.337 e. The molecule has 24 heavy (non-hydrogen) atoms. The summed E-state index contributed by atoms with van der Waals surface area (Å²) in [5.74, 6) is 0.980. The molecule has 0 fully saturated rings. The molecule has 0 amide bonds. The van der Waals surface area contributed by atoms with Crippen molar-refractivity contribution in [1.29, 1.82) is 0 Å². The van der Waals surface area contributed by atoms with Crippen LogP contribution >= 0.6 is 0 Å². The molecule has 0 spiro atoms. The molecular formula is C18H30O5Si. The number of rotatable bonds is 7. The van der Waals surface area contributed by atoms with Gasteiger partial charge in [-0.3, -0.25) is 0 Å². The van der Waals surface area contributed by atoms with Crippen molar-refractivity contribution in [2.24, 2.45) is 0 Å². The number of benzene rings is 1.